The number of aromatic nitrogens is 1. The molecule has 0 fully saturated rings. The lowest BCUT2D eigenvalue weighted by Crippen LogP contribution is -2.41. The van der Waals surface area contributed by atoms with Crippen molar-refractivity contribution in [3.8, 4) is 5.75 Å². The predicted molar refractivity (Wildman–Crippen MR) is 114 cm³/mol. The maximum atomic E-state index is 5.81. The minimum Gasteiger partial charge on any atom is -0.487 e. The summed E-state index contributed by atoms with van der Waals surface area (Å²) in [5.41, 5.74) is 2.06. The van der Waals surface area contributed by atoms with E-state index in [1.807, 2.05) is 36.4 Å². The van der Waals surface area contributed by atoms with E-state index in [2.05, 4.69) is 40.5 Å². The highest BCUT2D eigenvalue weighted by molar-refractivity contribution is 14.0. The molecule has 2 aromatic rings. The van der Waals surface area contributed by atoms with Crippen molar-refractivity contribution in [1.82, 2.24) is 15.6 Å². The van der Waals surface area contributed by atoms with Crippen molar-refractivity contribution in [3.05, 3.63) is 59.9 Å². The van der Waals surface area contributed by atoms with Gasteiger partial charge in [-0.15, -0.1) is 24.0 Å². The molecule has 0 aliphatic heterocycles. The van der Waals surface area contributed by atoms with E-state index in [0.29, 0.717) is 19.2 Å². The van der Waals surface area contributed by atoms with Crippen LogP contribution in [0, 0.1) is 0 Å². The number of nitrogens with one attached hydrogen (secondary N) is 2. The first-order chi connectivity index (χ1) is 11.7. The summed E-state index contributed by atoms with van der Waals surface area (Å²) in [5, 5.41) is 6.67. The molecule has 6 heteroatoms. The Labute approximate surface area is 167 Å². The molecule has 1 atom stereocenters. The van der Waals surface area contributed by atoms with Gasteiger partial charge >= 0.3 is 0 Å². The maximum absolute atomic E-state index is 5.81. The van der Waals surface area contributed by atoms with Gasteiger partial charge in [0.25, 0.3) is 0 Å². The number of hydrogen-bond acceptors (Lipinski definition) is 3. The molecule has 0 saturated heterocycles. The number of pyridine rings is 1. The molecule has 0 aliphatic carbocycles. The Bertz CT molecular complexity index is 649. The molecule has 0 amide bonds. The third kappa shape index (κ3) is 7.72. The Hall–Kier alpha value is -1.83. The van der Waals surface area contributed by atoms with Crippen molar-refractivity contribution >= 4 is 29.9 Å². The second kappa shape index (κ2) is 11.7. The SMILES string of the molecule is CCC(C)NC(=NC)NCc1cccc(OCc2ccccn2)c1.I. The van der Waals surface area contributed by atoms with Gasteiger partial charge in [-0.3, -0.25) is 9.98 Å². The number of rotatable bonds is 7. The molecule has 1 aromatic heterocycles. The number of benzene rings is 1. The van der Waals surface area contributed by atoms with Gasteiger partial charge in [-0.1, -0.05) is 25.1 Å². The van der Waals surface area contributed by atoms with Crippen LogP contribution in [0.5, 0.6) is 5.75 Å². The van der Waals surface area contributed by atoms with Crippen LogP contribution >= 0.6 is 24.0 Å². The number of nitrogens with zero attached hydrogens (tertiary/aromatic N) is 2. The number of hydrogen-bond donors (Lipinski definition) is 2. The van der Waals surface area contributed by atoms with E-state index in [1.165, 1.54) is 0 Å². The van der Waals surface area contributed by atoms with E-state index in [9.17, 15) is 0 Å². The lowest BCUT2D eigenvalue weighted by Gasteiger charge is -2.16. The quantitative estimate of drug-likeness (QED) is 0.380. The highest BCUT2D eigenvalue weighted by Crippen LogP contribution is 2.14. The van der Waals surface area contributed by atoms with Gasteiger partial charge in [0.1, 0.15) is 12.4 Å². The predicted octanol–water partition coefficient (Wildman–Crippen LogP) is 3.74. The molecule has 1 heterocycles. The van der Waals surface area contributed by atoms with Crippen molar-refractivity contribution in [3.63, 3.8) is 0 Å². The van der Waals surface area contributed by atoms with Gasteiger partial charge in [-0.2, -0.15) is 0 Å². The van der Waals surface area contributed by atoms with Crippen LogP contribution in [-0.4, -0.2) is 24.0 Å². The molecule has 2 N–H and O–H groups in total. The molecular weight excluding hydrogens is 427 g/mol. The topological polar surface area (TPSA) is 58.5 Å². The second-order valence-electron chi connectivity index (χ2n) is 5.64. The van der Waals surface area contributed by atoms with Crippen molar-refractivity contribution < 1.29 is 4.74 Å². The largest absolute Gasteiger partial charge is 0.487 e. The zero-order valence-corrected chi connectivity index (χ0v) is 17.4. The van der Waals surface area contributed by atoms with E-state index in [-0.39, 0.29) is 24.0 Å². The van der Waals surface area contributed by atoms with Gasteiger partial charge in [0.15, 0.2) is 5.96 Å². The van der Waals surface area contributed by atoms with Gasteiger partial charge in [0.05, 0.1) is 5.69 Å². The highest BCUT2D eigenvalue weighted by atomic mass is 127. The molecule has 136 valence electrons. The monoisotopic (exact) mass is 454 g/mol. The number of guanidine groups is 1. The number of halogens is 1. The molecule has 0 bridgehead atoms. The first kappa shape index (κ1) is 21.2. The van der Waals surface area contributed by atoms with Gasteiger partial charge in [-0.25, -0.2) is 0 Å². The van der Waals surface area contributed by atoms with Crippen LogP contribution in [0.4, 0.5) is 0 Å². The Morgan fingerprint density at radius 2 is 2.08 bits per heavy atom. The van der Waals surface area contributed by atoms with Gasteiger partial charge < -0.3 is 15.4 Å². The van der Waals surface area contributed by atoms with E-state index in [4.69, 9.17) is 4.74 Å². The lowest BCUT2D eigenvalue weighted by atomic mass is 10.2. The fraction of sp³-hybridized carbons (Fsp3) is 0.368. The number of ether oxygens (including phenoxy) is 1. The van der Waals surface area contributed by atoms with Crippen molar-refractivity contribution in [2.24, 2.45) is 4.99 Å². The third-order valence-electron chi connectivity index (χ3n) is 3.69. The Kier molecular flexibility index (Phi) is 9.91. The molecule has 1 unspecified atom stereocenters. The third-order valence-corrected chi connectivity index (χ3v) is 3.69. The fourth-order valence-electron chi connectivity index (χ4n) is 2.10. The summed E-state index contributed by atoms with van der Waals surface area (Å²) >= 11 is 0. The molecule has 5 nitrogen and oxygen atoms in total. The molecule has 25 heavy (non-hydrogen) atoms. The smallest absolute Gasteiger partial charge is 0.191 e. The van der Waals surface area contributed by atoms with Crippen LogP contribution in [0.25, 0.3) is 0 Å². The molecule has 0 spiro atoms. The van der Waals surface area contributed by atoms with Crippen molar-refractivity contribution in [2.45, 2.75) is 39.5 Å². The van der Waals surface area contributed by atoms with E-state index >= 15 is 0 Å². The first-order valence-electron chi connectivity index (χ1n) is 8.30. The highest BCUT2D eigenvalue weighted by Gasteiger charge is 2.03. The number of aliphatic imine (C=N–C) groups is 1. The molecule has 0 aliphatic rings. The molecule has 0 saturated carbocycles. The summed E-state index contributed by atoms with van der Waals surface area (Å²) in [6.07, 6.45) is 2.83. The van der Waals surface area contributed by atoms with Crippen LogP contribution in [0.15, 0.2) is 53.7 Å². The first-order valence-corrected chi connectivity index (χ1v) is 8.30. The summed E-state index contributed by atoms with van der Waals surface area (Å²) in [6.45, 7) is 5.44. The minimum atomic E-state index is 0. The second-order valence-corrected chi connectivity index (χ2v) is 5.64. The van der Waals surface area contributed by atoms with Crippen LogP contribution in [0.1, 0.15) is 31.5 Å². The van der Waals surface area contributed by atoms with Crippen molar-refractivity contribution in [1.29, 1.82) is 0 Å². The summed E-state index contributed by atoms with van der Waals surface area (Å²) in [6, 6.07) is 14.3. The Balaban J connectivity index is 0.00000312. The molecule has 2 rings (SSSR count). The van der Waals surface area contributed by atoms with Crippen LogP contribution in [0.3, 0.4) is 0 Å². The molecule has 0 radical (unpaired) electrons. The minimum absolute atomic E-state index is 0. The van der Waals surface area contributed by atoms with Gasteiger partial charge in [0.2, 0.25) is 0 Å². The van der Waals surface area contributed by atoms with E-state index in [0.717, 1.165) is 29.4 Å². The van der Waals surface area contributed by atoms with Crippen LogP contribution in [0.2, 0.25) is 0 Å². The average Bonchev–Trinajstić information content (AvgIpc) is 2.64. The van der Waals surface area contributed by atoms with Gasteiger partial charge in [0, 0.05) is 25.8 Å². The Morgan fingerprint density at radius 1 is 1.24 bits per heavy atom. The lowest BCUT2D eigenvalue weighted by molar-refractivity contribution is 0.301. The summed E-state index contributed by atoms with van der Waals surface area (Å²) in [5.74, 6) is 1.65. The van der Waals surface area contributed by atoms with Crippen molar-refractivity contribution in [2.75, 3.05) is 7.05 Å². The van der Waals surface area contributed by atoms with Crippen LogP contribution < -0.4 is 15.4 Å². The average molecular weight is 454 g/mol. The Morgan fingerprint density at radius 3 is 2.76 bits per heavy atom. The summed E-state index contributed by atoms with van der Waals surface area (Å²) in [4.78, 5) is 8.51. The summed E-state index contributed by atoms with van der Waals surface area (Å²) in [7, 11) is 1.78. The van der Waals surface area contributed by atoms with E-state index < -0.39 is 0 Å². The molecule has 1 aromatic carbocycles. The zero-order valence-electron chi connectivity index (χ0n) is 15.0. The normalized spacial score (nSPS) is 12.0. The summed E-state index contributed by atoms with van der Waals surface area (Å²) < 4.78 is 5.81. The van der Waals surface area contributed by atoms with E-state index in [1.54, 1.807) is 13.2 Å². The fourth-order valence-corrected chi connectivity index (χ4v) is 2.10. The standard InChI is InChI=1S/C19H26N4O.HI/c1-4-15(2)23-19(20-3)22-13-16-8-7-10-18(12-16)24-14-17-9-5-6-11-21-17;/h5-12,15H,4,13-14H2,1-3H3,(H2,20,22,23);1H. The van der Waals surface area contributed by atoms with Gasteiger partial charge in [-0.05, 0) is 43.2 Å². The van der Waals surface area contributed by atoms with Crippen LogP contribution in [-0.2, 0) is 13.2 Å². The zero-order chi connectivity index (χ0) is 17.2. The maximum Gasteiger partial charge on any atom is 0.191 e. The molecular formula is C19H27IN4O.